The monoisotopic (exact) mass is 281 g/mol. The number of halogens is 3. The molecule has 100 valence electrons. The molecule has 1 atom stereocenters. The van der Waals surface area contributed by atoms with Gasteiger partial charge in [0.15, 0.2) is 0 Å². The summed E-state index contributed by atoms with van der Waals surface area (Å²) in [5, 5.41) is 3.76. The number of hydrogen-bond acceptors (Lipinski definition) is 1. The fourth-order valence-corrected chi connectivity index (χ4v) is 1.95. The van der Waals surface area contributed by atoms with Gasteiger partial charge >= 0.3 is 0 Å². The van der Waals surface area contributed by atoms with Crippen molar-refractivity contribution in [2.24, 2.45) is 0 Å². The van der Waals surface area contributed by atoms with Crippen LogP contribution in [-0.4, -0.2) is 0 Å². The zero-order chi connectivity index (χ0) is 13.8. The van der Waals surface area contributed by atoms with Crippen LogP contribution in [0.5, 0.6) is 0 Å². The summed E-state index contributed by atoms with van der Waals surface area (Å²) < 4.78 is 26.9. The van der Waals surface area contributed by atoms with Crippen LogP contribution in [0.15, 0.2) is 42.5 Å². The summed E-state index contributed by atoms with van der Waals surface area (Å²) >= 11 is 5.81. The Balaban J connectivity index is 2.04. The van der Waals surface area contributed by atoms with Gasteiger partial charge in [0.2, 0.25) is 0 Å². The second-order valence-corrected chi connectivity index (χ2v) is 4.79. The van der Waals surface area contributed by atoms with Crippen LogP contribution >= 0.6 is 11.6 Å². The first kappa shape index (κ1) is 14.0. The molecule has 0 saturated heterocycles. The second kappa shape index (κ2) is 6.13. The highest BCUT2D eigenvalue weighted by Crippen LogP contribution is 2.18. The summed E-state index contributed by atoms with van der Waals surface area (Å²) in [5.74, 6) is -1.06. The predicted molar refractivity (Wildman–Crippen MR) is 73.1 cm³/mol. The third-order valence-corrected chi connectivity index (χ3v) is 3.27. The molecule has 0 heterocycles. The van der Waals surface area contributed by atoms with Gasteiger partial charge in [0.25, 0.3) is 0 Å². The lowest BCUT2D eigenvalue weighted by atomic mass is 10.1. The first-order chi connectivity index (χ1) is 9.08. The topological polar surface area (TPSA) is 12.0 Å². The number of rotatable bonds is 4. The van der Waals surface area contributed by atoms with E-state index in [-0.39, 0.29) is 18.2 Å². The summed E-state index contributed by atoms with van der Waals surface area (Å²) in [4.78, 5) is 0. The van der Waals surface area contributed by atoms with Gasteiger partial charge in [-0.1, -0.05) is 29.8 Å². The highest BCUT2D eigenvalue weighted by molar-refractivity contribution is 6.30. The van der Waals surface area contributed by atoms with E-state index in [9.17, 15) is 8.78 Å². The Morgan fingerprint density at radius 3 is 2.21 bits per heavy atom. The Morgan fingerprint density at radius 1 is 1.05 bits per heavy atom. The molecular weight excluding hydrogens is 268 g/mol. The molecule has 19 heavy (non-hydrogen) atoms. The van der Waals surface area contributed by atoms with Crippen molar-refractivity contribution >= 4 is 11.6 Å². The summed E-state index contributed by atoms with van der Waals surface area (Å²) in [6.07, 6.45) is 0. The predicted octanol–water partition coefficient (Wildman–Crippen LogP) is 4.47. The molecule has 2 aromatic carbocycles. The lowest BCUT2D eigenvalue weighted by Crippen LogP contribution is -2.19. The van der Waals surface area contributed by atoms with Gasteiger partial charge in [-0.3, -0.25) is 0 Å². The molecule has 0 saturated carbocycles. The van der Waals surface area contributed by atoms with E-state index < -0.39 is 11.6 Å². The largest absolute Gasteiger partial charge is 0.306 e. The van der Waals surface area contributed by atoms with E-state index >= 15 is 0 Å². The average molecular weight is 282 g/mol. The molecule has 0 aliphatic rings. The summed E-state index contributed by atoms with van der Waals surface area (Å²) in [5.41, 5.74) is 1.07. The molecule has 0 aliphatic carbocycles. The Labute approximate surface area is 116 Å². The van der Waals surface area contributed by atoms with E-state index in [2.05, 4.69) is 5.32 Å². The van der Waals surface area contributed by atoms with E-state index in [0.717, 1.165) is 5.56 Å². The summed E-state index contributed by atoms with van der Waals surface area (Å²) in [7, 11) is 0. The minimum Gasteiger partial charge on any atom is -0.306 e. The van der Waals surface area contributed by atoms with Crippen molar-refractivity contribution in [3.05, 3.63) is 70.2 Å². The van der Waals surface area contributed by atoms with Crippen molar-refractivity contribution in [1.82, 2.24) is 5.32 Å². The highest BCUT2D eigenvalue weighted by atomic mass is 35.5. The van der Waals surface area contributed by atoms with Gasteiger partial charge in [0.05, 0.1) is 0 Å². The van der Waals surface area contributed by atoms with Crippen LogP contribution in [0.3, 0.4) is 0 Å². The van der Waals surface area contributed by atoms with E-state index in [0.29, 0.717) is 5.02 Å². The lowest BCUT2D eigenvalue weighted by molar-refractivity contribution is 0.509. The van der Waals surface area contributed by atoms with E-state index in [4.69, 9.17) is 11.6 Å². The molecule has 0 unspecified atom stereocenters. The lowest BCUT2D eigenvalue weighted by Gasteiger charge is -2.15. The maximum Gasteiger partial charge on any atom is 0.130 e. The Morgan fingerprint density at radius 2 is 1.63 bits per heavy atom. The second-order valence-electron chi connectivity index (χ2n) is 4.35. The summed E-state index contributed by atoms with van der Waals surface area (Å²) in [6.45, 7) is 2.07. The molecule has 0 aromatic heterocycles. The Kier molecular flexibility index (Phi) is 4.51. The minimum absolute atomic E-state index is 0.0173. The van der Waals surface area contributed by atoms with Gasteiger partial charge in [-0.25, -0.2) is 8.78 Å². The molecule has 0 aliphatic heterocycles. The zero-order valence-corrected chi connectivity index (χ0v) is 11.2. The molecule has 1 N–H and O–H groups in total. The fourth-order valence-electron chi connectivity index (χ4n) is 1.83. The van der Waals surface area contributed by atoms with Crippen LogP contribution in [0.2, 0.25) is 5.02 Å². The van der Waals surface area contributed by atoms with Gasteiger partial charge < -0.3 is 5.32 Å². The normalized spacial score (nSPS) is 12.4. The van der Waals surface area contributed by atoms with Crippen molar-refractivity contribution in [1.29, 1.82) is 0 Å². The van der Waals surface area contributed by atoms with Gasteiger partial charge in [0, 0.05) is 23.2 Å². The number of benzene rings is 2. The fraction of sp³-hybridized carbons (Fsp3) is 0.200. The van der Waals surface area contributed by atoms with Gasteiger partial charge in [-0.15, -0.1) is 0 Å². The van der Waals surface area contributed by atoms with Crippen LogP contribution < -0.4 is 5.32 Å². The molecule has 4 heteroatoms. The maximum atomic E-state index is 13.5. The van der Waals surface area contributed by atoms with Gasteiger partial charge in [0.1, 0.15) is 11.6 Å². The third-order valence-electron chi connectivity index (χ3n) is 3.02. The van der Waals surface area contributed by atoms with Crippen molar-refractivity contribution in [2.45, 2.75) is 19.5 Å². The quantitative estimate of drug-likeness (QED) is 0.872. The summed E-state index contributed by atoms with van der Waals surface area (Å²) in [6, 6.07) is 11.2. The highest BCUT2D eigenvalue weighted by Gasteiger charge is 2.10. The van der Waals surface area contributed by atoms with Crippen molar-refractivity contribution in [2.75, 3.05) is 0 Å². The first-order valence-electron chi connectivity index (χ1n) is 5.99. The first-order valence-corrected chi connectivity index (χ1v) is 6.37. The van der Waals surface area contributed by atoms with Crippen molar-refractivity contribution in [3.63, 3.8) is 0 Å². The standard InChI is InChI=1S/C15H14ClF2N/c1-10(11-5-7-12(16)8-6-11)19-9-13-14(17)3-2-4-15(13)18/h2-8,10,19H,9H2,1H3/t10-/m0/s1. The van der Waals surface area contributed by atoms with Crippen LogP contribution in [0.25, 0.3) is 0 Å². The smallest absolute Gasteiger partial charge is 0.130 e. The average Bonchev–Trinajstić information content (AvgIpc) is 2.38. The van der Waals surface area contributed by atoms with E-state index in [1.807, 2.05) is 19.1 Å². The van der Waals surface area contributed by atoms with Crippen molar-refractivity contribution in [3.8, 4) is 0 Å². The molecule has 1 nitrogen and oxygen atoms in total. The molecule has 0 spiro atoms. The van der Waals surface area contributed by atoms with Crippen LogP contribution in [0.1, 0.15) is 24.1 Å². The molecule has 0 fully saturated rings. The SMILES string of the molecule is C[C@H](NCc1c(F)cccc1F)c1ccc(Cl)cc1. The van der Waals surface area contributed by atoms with Gasteiger partial charge in [-0.05, 0) is 36.8 Å². The number of nitrogens with one attached hydrogen (secondary N) is 1. The minimum atomic E-state index is -0.532. The zero-order valence-electron chi connectivity index (χ0n) is 10.5. The van der Waals surface area contributed by atoms with E-state index in [1.165, 1.54) is 18.2 Å². The molecule has 0 bridgehead atoms. The Bertz CT molecular complexity index is 534. The molecular formula is C15H14ClF2N. The molecule has 0 radical (unpaired) electrons. The third kappa shape index (κ3) is 3.52. The molecule has 2 aromatic rings. The maximum absolute atomic E-state index is 13.5. The molecule has 2 rings (SSSR count). The van der Waals surface area contributed by atoms with Crippen LogP contribution in [-0.2, 0) is 6.54 Å². The Hall–Kier alpha value is -1.45. The van der Waals surface area contributed by atoms with Crippen molar-refractivity contribution < 1.29 is 8.78 Å². The van der Waals surface area contributed by atoms with E-state index in [1.54, 1.807) is 12.1 Å². The molecule has 0 amide bonds. The van der Waals surface area contributed by atoms with Gasteiger partial charge in [-0.2, -0.15) is 0 Å². The van der Waals surface area contributed by atoms with Crippen LogP contribution in [0, 0.1) is 11.6 Å². The number of hydrogen-bond donors (Lipinski definition) is 1. The van der Waals surface area contributed by atoms with Crippen LogP contribution in [0.4, 0.5) is 8.78 Å².